The summed E-state index contributed by atoms with van der Waals surface area (Å²) >= 11 is 0. The van der Waals surface area contributed by atoms with E-state index in [-0.39, 0.29) is 0 Å². The highest BCUT2D eigenvalue weighted by molar-refractivity contribution is 5.79. The van der Waals surface area contributed by atoms with E-state index >= 15 is 0 Å². The van der Waals surface area contributed by atoms with Crippen molar-refractivity contribution < 1.29 is 4.74 Å². The fraction of sp³-hybridized carbons (Fsp3) is 0.591. The van der Waals surface area contributed by atoms with E-state index in [1.165, 1.54) is 18.5 Å². The number of rotatable bonds is 9. The first kappa shape index (κ1) is 21.1. The average Bonchev–Trinajstić information content (AvgIpc) is 3.33. The maximum atomic E-state index is 5.93. The van der Waals surface area contributed by atoms with Crippen LogP contribution in [0.2, 0.25) is 0 Å². The van der Waals surface area contributed by atoms with Gasteiger partial charge < -0.3 is 15.4 Å². The first-order valence-electron chi connectivity index (χ1n) is 10.8. The van der Waals surface area contributed by atoms with Crippen LogP contribution in [0.4, 0.5) is 0 Å². The summed E-state index contributed by atoms with van der Waals surface area (Å²) in [5.41, 5.74) is 3.35. The van der Waals surface area contributed by atoms with Gasteiger partial charge in [-0.25, -0.2) is 9.98 Å². The number of aryl methyl sites for hydroxylation is 3. The van der Waals surface area contributed by atoms with Crippen LogP contribution in [0.5, 0.6) is 5.88 Å². The van der Waals surface area contributed by atoms with Crippen LogP contribution in [0.25, 0.3) is 0 Å². The number of aliphatic imine (C=N–C) groups is 1. The molecule has 7 heteroatoms. The summed E-state index contributed by atoms with van der Waals surface area (Å²) in [4.78, 5) is 9.12. The highest BCUT2D eigenvalue weighted by atomic mass is 16.5. The fourth-order valence-corrected chi connectivity index (χ4v) is 3.60. The molecule has 1 saturated carbocycles. The summed E-state index contributed by atoms with van der Waals surface area (Å²) < 4.78 is 7.99. The Labute approximate surface area is 174 Å². The van der Waals surface area contributed by atoms with E-state index in [1.807, 2.05) is 25.3 Å². The molecule has 2 N–H and O–H groups in total. The molecule has 158 valence electrons. The van der Waals surface area contributed by atoms with E-state index in [1.54, 1.807) is 0 Å². The molecule has 0 saturated heterocycles. The Bertz CT molecular complexity index is 777. The smallest absolute Gasteiger partial charge is 0.213 e. The van der Waals surface area contributed by atoms with Crippen molar-refractivity contribution in [3.05, 3.63) is 41.3 Å². The fourth-order valence-electron chi connectivity index (χ4n) is 3.60. The molecule has 0 aromatic carbocycles. The number of pyridine rings is 1. The van der Waals surface area contributed by atoms with Gasteiger partial charge in [-0.05, 0) is 64.5 Å². The molecular weight excluding hydrogens is 364 g/mol. The molecule has 1 aliphatic rings. The predicted octanol–water partition coefficient (Wildman–Crippen LogP) is 3.36. The van der Waals surface area contributed by atoms with Crippen LogP contribution in [0.1, 0.15) is 56.0 Å². The third-order valence-corrected chi connectivity index (χ3v) is 5.09. The minimum atomic E-state index is 0.338. The Morgan fingerprint density at radius 1 is 1.24 bits per heavy atom. The highest BCUT2D eigenvalue weighted by Crippen LogP contribution is 2.22. The summed E-state index contributed by atoms with van der Waals surface area (Å²) in [5.74, 6) is 1.55. The maximum Gasteiger partial charge on any atom is 0.213 e. The normalized spacial score (nSPS) is 14.9. The Morgan fingerprint density at radius 3 is 2.72 bits per heavy atom. The van der Waals surface area contributed by atoms with E-state index in [9.17, 15) is 0 Å². The van der Waals surface area contributed by atoms with Gasteiger partial charge in [-0.3, -0.25) is 4.68 Å². The van der Waals surface area contributed by atoms with Crippen molar-refractivity contribution in [3.63, 3.8) is 0 Å². The van der Waals surface area contributed by atoms with Crippen LogP contribution in [0, 0.1) is 13.8 Å². The molecule has 1 aliphatic carbocycles. The van der Waals surface area contributed by atoms with Gasteiger partial charge >= 0.3 is 0 Å². The van der Waals surface area contributed by atoms with Crippen LogP contribution in [0.15, 0.2) is 29.4 Å². The van der Waals surface area contributed by atoms with Crippen molar-refractivity contribution >= 4 is 5.96 Å². The first-order valence-corrected chi connectivity index (χ1v) is 10.8. The van der Waals surface area contributed by atoms with Crippen molar-refractivity contribution in [2.24, 2.45) is 4.99 Å². The summed E-state index contributed by atoms with van der Waals surface area (Å²) in [7, 11) is 0. The maximum absolute atomic E-state index is 5.93. The molecule has 0 spiro atoms. The van der Waals surface area contributed by atoms with Crippen molar-refractivity contribution in [2.45, 2.75) is 72.1 Å². The SMILES string of the molecule is CCNC(=NCc1ccc(OC2CCCC2)nc1)NCCCn1nc(C)cc1C. The van der Waals surface area contributed by atoms with Crippen LogP contribution in [-0.2, 0) is 13.1 Å². The summed E-state index contributed by atoms with van der Waals surface area (Å²) in [6.07, 6.45) is 8.00. The van der Waals surface area contributed by atoms with Crippen molar-refractivity contribution in [1.82, 2.24) is 25.4 Å². The number of hydrogen-bond donors (Lipinski definition) is 2. The van der Waals surface area contributed by atoms with Gasteiger partial charge in [-0.1, -0.05) is 6.07 Å². The van der Waals surface area contributed by atoms with Gasteiger partial charge in [0.2, 0.25) is 5.88 Å². The van der Waals surface area contributed by atoms with Crippen LogP contribution < -0.4 is 15.4 Å². The summed E-state index contributed by atoms with van der Waals surface area (Å²) in [6, 6.07) is 6.11. The number of nitrogens with one attached hydrogen (secondary N) is 2. The van der Waals surface area contributed by atoms with Crippen LogP contribution >= 0.6 is 0 Å². The third kappa shape index (κ3) is 6.76. The van der Waals surface area contributed by atoms with Crippen LogP contribution in [0.3, 0.4) is 0 Å². The third-order valence-electron chi connectivity index (χ3n) is 5.09. The zero-order valence-corrected chi connectivity index (χ0v) is 17.9. The zero-order chi connectivity index (χ0) is 20.5. The number of nitrogens with zero attached hydrogens (tertiary/aromatic N) is 4. The van der Waals surface area contributed by atoms with E-state index in [2.05, 4.69) is 50.3 Å². The minimum absolute atomic E-state index is 0.338. The van der Waals surface area contributed by atoms with Crippen molar-refractivity contribution in [2.75, 3.05) is 13.1 Å². The second-order valence-corrected chi connectivity index (χ2v) is 7.65. The summed E-state index contributed by atoms with van der Waals surface area (Å²) in [6.45, 7) is 9.36. The Morgan fingerprint density at radius 2 is 2.07 bits per heavy atom. The molecule has 0 amide bonds. The number of guanidine groups is 1. The molecule has 29 heavy (non-hydrogen) atoms. The molecule has 3 rings (SSSR count). The molecule has 0 bridgehead atoms. The van der Waals surface area contributed by atoms with Crippen molar-refractivity contribution in [1.29, 1.82) is 0 Å². The molecule has 0 unspecified atom stereocenters. The molecular formula is C22H34N6O. The Kier molecular flexibility index (Phi) is 7.90. The zero-order valence-electron chi connectivity index (χ0n) is 17.9. The van der Waals surface area contributed by atoms with Crippen molar-refractivity contribution in [3.8, 4) is 5.88 Å². The quantitative estimate of drug-likeness (QED) is 0.385. The van der Waals surface area contributed by atoms with Gasteiger partial charge in [0.25, 0.3) is 0 Å². The number of ether oxygens (including phenoxy) is 1. The standard InChI is InChI=1S/C22H34N6O/c1-4-23-22(24-12-7-13-28-18(3)14-17(2)27-28)26-16-19-10-11-21(25-15-19)29-20-8-5-6-9-20/h10-11,14-15,20H,4-9,12-13,16H2,1-3H3,(H2,23,24,26). The monoisotopic (exact) mass is 398 g/mol. The minimum Gasteiger partial charge on any atom is -0.474 e. The lowest BCUT2D eigenvalue weighted by Gasteiger charge is -2.13. The van der Waals surface area contributed by atoms with Gasteiger partial charge in [0.1, 0.15) is 6.10 Å². The van der Waals surface area contributed by atoms with Gasteiger partial charge in [0.05, 0.1) is 12.2 Å². The average molecular weight is 399 g/mol. The van der Waals surface area contributed by atoms with E-state index in [0.717, 1.165) is 62.0 Å². The lowest BCUT2D eigenvalue weighted by molar-refractivity contribution is 0.201. The first-order chi connectivity index (χ1) is 14.1. The molecule has 2 aromatic rings. The summed E-state index contributed by atoms with van der Waals surface area (Å²) in [5, 5.41) is 11.2. The van der Waals surface area contributed by atoms with E-state index in [0.29, 0.717) is 12.6 Å². The Balaban J connectivity index is 1.44. The van der Waals surface area contributed by atoms with Gasteiger partial charge in [-0.2, -0.15) is 5.10 Å². The van der Waals surface area contributed by atoms with E-state index < -0.39 is 0 Å². The number of aromatic nitrogens is 3. The molecule has 7 nitrogen and oxygen atoms in total. The molecule has 2 aromatic heterocycles. The van der Waals surface area contributed by atoms with E-state index in [4.69, 9.17) is 4.74 Å². The van der Waals surface area contributed by atoms with Gasteiger partial charge in [0, 0.05) is 37.6 Å². The molecule has 2 heterocycles. The Hall–Kier alpha value is -2.57. The lowest BCUT2D eigenvalue weighted by atomic mass is 10.3. The van der Waals surface area contributed by atoms with Gasteiger partial charge in [-0.15, -0.1) is 0 Å². The molecule has 0 aliphatic heterocycles. The number of hydrogen-bond acceptors (Lipinski definition) is 4. The second-order valence-electron chi connectivity index (χ2n) is 7.65. The molecule has 0 atom stereocenters. The topological polar surface area (TPSA) is 76.4 Å². The van der Waals surface area contributed by atoms with Gasteiger partial charge in [0.15, 0.2) is 5.96 Å². The second kappa shape index (κ2) is 10.8. The largest absolute Gasteiger partial charge is 0.474 e. The lowest BCUT2D eigenvalue weighted by Crippen LogP contribution is -2.38. The molecule has 0 radical (unpaired) electrons. The predicted molar refractivity (Wildman–Crippen MR) is 116 cm³/mol. The molecule has 1 fully saturated rings. The highest BCUT2D eigenvalue weighted by Gasteiger charge is 2.16. The van der Waals surface area contributed by atoms with Crippen LogP contribution in [-0.4, -0.2) is 39.9 Å².